The van der Waals surface area contributed by atoms with Crippen molar-refractivity contribution in [2.24, 2.45) is 10.8 Å². The Morgan fingerprint density at radius 1 is 0.618 bits per heavy atom. The summed E-state index contributed by atoms with van der Waals surface area (Å²) in [6, 6.07) is 0. The fourth-order valence-corrected chi connectivity index (χ4v) is 6.11. The van der Waals surface area contributed by atoms with Crippen LogP contribution in [0.15, 0.2) is 23.3 Å². The summed E-state index contributed by atoms with van der Waals surface area (Å²) in [5, 5.41) is 0. The lowest BCUT2D eigenvalue weighted by Crippen LogP contribution is -2.52. The Morgan fingerprint density at radius 3 is 1.29 bits per heavy atom. The van der Waals surface area contributed by atoms with Crippen LogP contribution in [-0.2, 0) is 38.1 Å². The highest BCUT2D eigenvalue weighted by Gasteiger charge is 2.75. The average Bonchev–Trinajstić information content (AvgIpc) is 3.35. The molecule has 5 rings (SSSR count). The third kappa shape index (κ3) is 2.46. The van der Waals surface area contributed by atoms with Crippen LogP contribution in [0, 0.1) is 10.8 Å². The third-order valence-corrected chi connectivity index (χ3v) is 9.01. The molecule has 0 saturated carbocycles. The minimum absolute atomic E-state index is 0.0123. The summed E-state index contributed by atoms with van der Waals surface area (Å²) < 4.78 is 23.4. The molecule has 2 spiro atoms. The van der Waals surface area contributed by atoms with Crippen LogP contribution in [0.25, 0.3) is 0 Å². The molecule has 8 heteroatoms. The third-order valence-electron chi connectivity index (χ3n) is 9.01. The van der Waals surface area contributed by atoms with Gasteiger partial charge in [-0.25, -0.2) is 9.59 Å². The van der Waals surface area contributed by atoms with Crippen LogP contribution in [0.2, 0.25) is 0 Å². The van der Waals surface area contributed by atoms with E-state index in [-0.39, 0.29) is 24.8 Å². The summed E-state index contributed by atoms with van der Waals surface area (Å²) >= 11 is 0. The minimum atomic E-state index is -1.75. The number of carbonyl (C=O) groups excluding carboxylic acids is 4. The molecule has 0 N–H and O–H groups in total. The molecule has 184 valence electrons. The van der Waals surface area contributed by atoms with Crippen molar-refractivity contribution in [3.8, 4) is 0 Å². The van der Waals surface area contributed by atoms with Gasteiger partial charge in [0.15, 0.2) is 11.6 Å². The molecule has 0 amide bonds. The summed E-state index contributed by atoms with van der Waals surface area (Å²) in [5.41, 5.74) is -6.04. The van der Waals surface area contributed by atoms with E-state index in [2.05, 4.69) is 0 Å². The Morgan fingerprint density at radius 2 is 0.971 bits per heavy atom. The summed E-state index contributed by atoms with van der Waals surface area (Å²) in [4.78, 5) is 53.4. The summed E-state index contributed by atoms with van der Waals surface area (Å²) in [5.74, 6) is -2.02. The first-order chi connectivity index (χ1) is 15.7. The largest absolute Gasteiger partial charge is 0.463 e. The summed E-state index contributed by atoms with van der Waals surface area (Å²) in [6.07, 6.45) is 5.02. The number of carbonyl (C=O) groups is 4. The molecular weight excluding hydrogens is 440 g/mol. The van der Waals surface area contributed by atoms with Crippen molar-refractivity contribution in [3.63, 3.8) is 0 Å². The summed E-state index contributed by atoms with van der Waals surface area (Å²) in [7, 11) is 0. The second-order valence-electron chi connectivity index (χ2n) is 11.5. The van der Waals surface area contributed by atoms with Gasteiger partial charge in [-0.1, -0.05) is 0 Å². The Labute approximate surface area is 199 Å². The number of cyclic esters (lactones) is 2. The van der Waals surface area contributed by atoms with Gasteiger partial charge >= 0.3 is 11.9 Å². The van der Waals surface area contributed by atoms with Gasteiger partial charge in [0.1, 0.15) is 0 Å². The highest BCUT2D eigenvalue weighted by molar-refractivity contribution is 6.17. The number of esters is 2. The molecule has 34 heavy (non-hydrogen) atoms. The average molecular weight is 473 g/mol. The number of hydrogen-bond donors (Lipinski definition) is 0. The topological polar surface area (TPSA) is 105 Å². The van der Waals surface area contributed by atoms with Crippen LogP contribution in [0.4, 0.5) is 0 Å². The first kappa shape index (κ1) is 23.4. The molecule has 5 heterocycles. The highest BCUT2D eigenvalue weighted by atomic mass is 16.6. The Balaban J connectivity index is 1.46. The molecule has 5 aliphatic heterocycles. The van der Waals surface area contributed by atoms with Gasteiger partial charge in [0.25, 0.3) is 0 Å². The van der Waals surface area contributed by atoms with E-state index in [4.69, 9.17) is 18.9 Å². The Kier molecular flexibility index (Phi) is 4.59. The van der Waals surface area contributed by atoms with Gasteiger partial charge in [-0.2, -0.15) is 0 Å². The van der Waals surface area contributed by atoms with Crippen molar-refractivity contribution in [2.45, 2.75) is 89.6 Å². The van der Waals surface area contributed by atoms with E-state index in [0.29, 0.717) is 36.8 Å². The van der Waals surface area contributed by atoms with Gasteiger partial charge in [0, 0.05) is 0 Å². The number of ketones is 2. The molecule has 0 aromatic rings. The quantitative estimate of drug-likeness (QED) is 0.301. The van der Waals surface area contributed by atoms with Crippen LogP contribution >= 0.6 is 0 Å². The lowest BCUT2D eigenvalue weighted by molar-refractivity contribution is -0.171. The van der Waals surface area contributed by atoms with E-state index < -0.39 is 45.2 Å². The van der Waals surface area contributed by atoms with Crippen molar-refractivity contribution in [1.29, 1.82) is 0 Å². The zero-order valence-corrected chi connectivity index (χ0v) is 20.7. The zero-order valence-electron chi connectivity index (χ0n) is 20.7. The maximum atomic E-state index is 13.4. The monoisotopic (exact) mass is 472 g/mol. The van der Waals surface area contributed by atoms with Crippen LogP contribution in [0.5, 0.6) is 0 Å². The Hall–Kier alpha value is -2.32. The van der Waals surface area contributed by atoms with Gasteiger partial charge in [0.2, 0.25) is 11.2 Å². The molecule has 0 radical (unpaired) electrons. The van der Waals surface area contributed by atoms with Crippen molar-refractivity contribution in [1.82, 2.24) is 0 Å². The molecule has 0 aliphatic carbocycles. The lowest BCUT2D eigenvalue weighted by atomic mass is 9.65. The van der Waals surface area contributed by atoms with Crippen LogP contribution in [-0.4, -0.2) is 59.1 Å². The molecule has 8 nitrogen and oxygen atoms in total. The van der Waals surface area contributed by atoms with Crippen molar-refractivity contribution in [2.75, 3.05) is 13.2 Å². The van der Waals surface area contributed by atoms with Crippen LogP contribution in [0.1, 0.15) is 67.2 Å². The zero-order chi connectivity index (χ0) is 24.9. The van der Waals surface area contributed by atoms with Crippen molar-refractivity contribution >= 4 is 23.5 Å². The molecule has 4 atom stereocenters. The molecule has 0 aromatic heterocycles. The first-order valence-corrected chi connectivity index (χ1v) is 12.0. The number of rotatable bonds is 0. The van der Waals surface area contributed by atoms with Gasteiger partial charge in [0.05, 0.1) is 35.2 Å². The smallest absolute Gasteiger partial charge is 0.350 e. The maximum absolute atomic E-state index is 13.4. The predicted molar refractivity (Wildman–Crippen MR) is 119 cm³/mol. The SMILES string of the molecule is CC1(C)C(=O)[C@@]23O[C@]1(C)C=C2CCCOC(=O)[C@@]12O[C@](C)(C=C1CCCOC3=O)C(C)(C)C2=O. The number of ether oxygens (including phenoxy) is 4. The molecule has 0 aromatic carbocycles. The van der Waals surface area contributed by atoms with Gasteiger partial charge in [-0.15, -0.1) is 0 Å². The molecular formula is C26H32O8. The van der Waals surface area contributed by atoms with Gasteiger partial charge < -0.3 is 18.9 Å². The molecule has 3 fully saturated rings. The minimum Gasteiger partial charge on any atom is -0.463 e. The molecule has 4 bridgehead atoms. The van der Waals surface area contributed by atoms with E-state index in [1.807, 2.05) is 12.2 Å². The van der Waals surface area contributed by atoms with E-state index in [1.165, 1.54) is 0 Å². The predicted octanol–water partition coefficient (Wildman–Crippen LogP) is 2.77. The van der Waals surface area contributed by atoms with Crippen LogP contribution in [0.3, 0.4) is 0 Å². The summed E-state index contributed by atoms with van der Waals surface area (Å²) in [6.45, 7) is 10.7. The number of fused-ring (bicyclic) bond motifs is 2. The molecule has 0 unspecified atom stereocenters. The number of Topliss-reactive ketones (excluding diaryl/α,β-unsaturated/α-hetero) is 2. The number of hydrogen-bond acceptors (Lipinski definition) is 8. The van der Waals surface area contributed by atoms with Gasteiger partial charge in [-0.3, -0.25) is 9.59 Å². The van der Waals surface area contributed by atoms with E-state index in [0.717, 1.165) is 0 Å². The molecule has 5 aliphatic rings. The lowest BCUT2D eigenvalue weighted by Gasteiger charge is -2.34. The van der Waals surface area contributed by atoms with Crippen molar-refractivity contribution in [3.05, 3.63) is 23.3 Å². The highest BCUT2D eigenvalue weighted by Crippen LogP contribution is 2.60. The Bertz CT molecular complexity index is 1010. The van der Waals surface area contributed by atoms with Gasteiger partial charge in [-0.05, 0) is 90.5 Å². The van der Waals surface area contributed by atoms with E-state index in [1.54, 1.807) is 41.5 Å². The second-order valence-corrected chi connectivity index (χ2v) is 11.5. The fourth-order valence-electron chi connectivity index (χ4n) is 6.11. The van der Waals surface area contributed by atoms with E-state index in [9.17, 15) is 19.2 Å². The van der Waals surface area contributed by atoms with Crippen molar-refractivity contribution < 1.29 is 38.1 Å². The molecule has 3 saturated heterocycles. The van der Waals surface area contributed by atoms with Crippen LogP contribution < -0.4 is 0 Å². The van der Waals surface area contributed by atoms with E-state index >= 15 is 0 Å². The normalized spacial score (nSPS) is 42.9. The maximum Gasteiger partial charge on any atom is 0.350 e. The second kappa shape index (κ2) is 6.66. The standard InChI is InChI=1S/C26H32O8/c1-21(2)17(27)25-15(13-23(21,5)33-25)9-7-12-32-20(30)26-16(10-8-11-31-19(25)29)14-24(6,34-26)22(3,4)18(26)28/h13-14H,7-12H2,1-6H3/t23-,24-,25-,26+/m1/s1. The first-order valence-electron chi connectivity index (χ1n) is 12.0. The fraction of sp³-hybridized carbons (Fsp3) is 0.692.